The van der Waals surface area contributed by atoms with Crippen LogP contribution in [-0.4, -0.2) is 41.9 Å². The second-order valence-corrected chi connectivity index (χ2v) is 7.30. The first kappa shape index (κ1) is 17.7. The van der Waals surface area contributed by atoms with Gasteiger partial charge >= 0.3 is 5.63 Å². The maximum absolute atomic E-state index is 12.5. The Bertz CT molecular complexity index is 1230. The van der Waals surface area contributed by atoms with Crippen molar-refractivity contribution in [3.05, 3.63) is 82.6 Å². The summed E-state index contributed by atoms with van der Waals surface area (Å²) in [7, 11) is 0. The minimum Gasteiger partial charge on any atom is -0.459 e. The molecule has 0 N–H and O–H groups in total. The molecule has 3 heterocycles. The van der Waals surface area contributed by atoms with Crippen molar-refractivity contribution in [2.45, 2.75) is 6.54 Å². The Morgan fingerprint density at radius 2 is 1.79 bits per heavy atom. The number of hydrogen-bond acceptors (Lipinski definition) is 5. The number of piperazine rings is 1. The number of carbonyl (C=O) groups is 1. The summed E-state index contributed by atoms with van der Waals surface area (Å²) in [5, 5.41) is 3.18. The van der Waals surface area contributed by atoms with E-state index in [2.05, 4.69) is 17.0 Å². The molecule has 0 saturated carbocycles. The SMILES string of the molecule is O=C(c1ccco1)N1CCN(Cc2cc(=O)oc3ccc4ccccc4c23)CC1. The van der Waals surface area contributed by atoms with E-state index >= 15 is 0 Å². The molecule has 0 bridgehead atoms. The lowest BCUT2D eigenvalue weighted by molar-refractivity contribution is 0.0598. The van der Waals surface area contributed by atoms with E-state index in [1.54, 1.807) is 18.2 Å². The van der Waals surface area contributed by atoms with E-state index < -0.39 is 0 Å². The first-order chi connectivity index (χ1) is 14.2. The zero-order chi connectivity index (χ0) is 19.8. The van der Waals surface area contributed by atoms with Gasteiger partial charge in [0, 0.05) is 44.2 Å². The third-order valence-electron chi connectivity index (χ3n) is 5.50. The lowest BCUT2D eigenvalue weighted by atomic mass is 10.0. The van der Waals surface area contributed by atoms with E-state index in [1.165, 1.54) is 6.26 Å². The Morgan fingerprint density at radius 1 is 0.966 bits per heavy atom. The molecule has 6 nitrogen and oxygen atoms in total. The van der Waals surface area contributed by atoms with Crippen LogP contribution in [0.2, 0.25) is 0 Å². The summed E-state index contributed by atoms with van der Waals surface area (Å²) in [5.74, 6) is 0.294. The van der Waals surface area contributed by atoms with Crippen LogP contribution in [0, 0.1) is 0 Å². The third kappa shape index (κ3) is 3.32. The lowest BCUT2D eigenvalue weighted by Crippen LogP contribution is -2.48. The fourth-order valence-corrected chi connectivity index (χ4v) is 4.05. The Labute approximate surface area is 166 Å². The summed E-state index contributed by atoms with van der Waals surface area (Å²) in [6.45, 7) is 3.36. The minimum absolute atomic E-state index is 0.0774. The third-order valence-corrected chi connectivity index (χ3v) is 5.50. The van der Waals surface area contributed by atoms with E-state index in [-0.39, 0.29) is 11.5 Å². The van der Waals surface area contributed by atoms with Crippen molar-refractivity contribution in [2.24, 2.45) is 0 Å². The van der Waals surface area contributed by atoms with Gasteiger partial charge in [0.1, 0.15) is 5.58 Å². The van der Waals surface area contributed by atoms with Crippen LogP contribution in [0.4, 0.5) is 0 Å². The first-order valence-corrected chi connectivity index (χ1v) is 9.69. The quantitative estimate of drug-likeness (QED) is 0.397. The topological polar surface area (TPSA) is 66.9 Å². The summed E-state index contributed by atoms with van der Waals surface area (Å²) >= 11 is 0. The van der Waals surface area contributed by atoms with E-state index in [0.717, 1.165) is 34.8 Å². The molecule has 1 saturated heterocycles. The molecule has 4 aromatic rings. The van der Waals surface area contributed by atoms with E-state index in [4.69, 9.17) is 8.83 Å². The highest BCUT2D eigenvalue weighted by Crippen LogP contribution is 2.28. The van der Waals surface area contributed by atoms with Gasteiger partial charge in [0.05, 0.1) is 6.26 Å². The second kappa shape index (κ2) is 7.22. The molecule has 1 amide bonds. The largest absolute Gasteiger partial charge is 0.459 e. The predicted molar refractivity (Wildman–Crippen MR) is 110 cm³/mol. The van der Waals surface area contributed by atoms with Crippen molar-refractivity contribution in [2.75, 3.05) is 26.2 Å². The Hall–Kier alpha value is -3.38. The van der Waals surface area contributed by atoms with Gasteiger partial charge < -0.3 is 13.7 Å². The van der Waals surface area contributed by atoms with Crippen molar-refractivity contribution >= 4 is 27.6 Å². The fourth-order valence-electron chi connectivity index (χ4n) is 4.05. The monoisotopic (exact) mass is 388 g/mol. The first-order valence-electron chi connectivity index (χ1n) is 9.69. The maximum Gasteiger partial charge on any atom is 0.336 e. The van der Waals surface area contributed by atoms with Crippen molar-refractivity contribution in [1.82, 2.24) is 9.80 Å². The van der Waals surface area contributed by atoms with Gasteiger partial charge in [0.2, 0.25) is 0 Å². The molecule has 0 unspecified atom stereocenters. The van der Waals surface area contributed by atoms with E-state index in [9.17, 15) is 9.59 Å². The molecular weight excluding hydrogens is 368 g/mol. The van der Waals surface area contributed by atoms with Crippen molar-refractivity contribution in [1.29, 1.82) is 0 Å². The Kier molecular flexibility index (Phi) is 4.41. The second-order valence-electron chi connectivity index (χ2n) is 7.30. The molecule has 5 rings (SSSR count). The van der Waals surface area contributed by atoms with Crippen LogP contribution < -0.4 is 5.63 Å². The summed E-state index contributed by atoms with van der Waals surface area (Å²) in [5.41, 5.74) is 1.23. The highest BCUT2D eigenvalue weighted by Gasteiger charge is 2.24. The minimum atomic E-state index is -0.339. The zero-order valence-corrected chi connectivity index (χ0v) is 15.8. The molecule has 0 radical (unpaired) electrons. The summed E-state index contributed by atoms with van der Waals surface area (Å²) in [6.07, 6.45) is 1.51. The van der Waals surface area contributed by atoms with Gasteiger partial charge in [-0.05, 0) is 34.5 Å². The van der Waals surface area contributed by atoms with Crippen LogP contribution in [0.15, 0.2) is 74.5 Å². The number of amides is 1. The molecule has 1 aliphatic heterocycles. The molecule has 1 aliphatic rings. The van der Waals surface area contributed by atoms with Crippen molar-refractivity contribution in [3.63, 3.8) is 0 Å². The molecule has 0 aliphatic carbocycles. The fraction of sp³-hybridized carbons (Fsp3) is 0.217. The standard InChI is InChI=1S/C23H20N2O4/c26-21-14-17(22-18-5-2-1-4-16(18)7-8-19(22)29-21)15-24-9-11-25(12-10-24)23(27)20-6-3-13-28-20/h1-8,13-14H,9-12,15H2. The average Bonchev–Trinajstić information content (AvgIpc) is 3.28. The average molecular weight is 388 g/mol. The number of benzene rings is 2. The van der Waals surface area contributed by atoms with Gasteiger partial charge in [0.25, 0.3) is 5.91 Å². The Morgan fingerprint density at radius 3 is 2.59 bits per heavy atom. The van der Waals surface area contributed by atoms with Crippen LogP contribution in [0.25, 0.3) is 21.7 Å². The number of nitrogens with zero attached hydrogens (tertiary/aromatic N) is 2. The van der Waals surface area contributed by atoms with Crippen LogP contribution in [-0.2, 0) is 6.54 Å². The smallest absolute Gasteiger partial charge is 0.336 e. The van der Waals surface area contributed by atoms with Gasteiger partial charge in [-0.3, -0.25) is 9.69 Å². The summed E-state index contributed by atoms with van der Waals surface area (Å²) in [4.78, 5) is 28.6. The number of rotatable bonds is 3. The van der Waals surface area contributed by atoms with Crippen molar-refractivity contribution < 1.29 is 13.6 Å². The molecule has 1 fully saturated rings. The van der Waals surface area contributed by atoms with Crippen molar-refractivity contribution in [3.8, 4) is 0 Å². The number of hydrogen-bond donors (Lipinski definition) is 0. The molecule has 2 aromatic carbocycles. The molecule has 0 atom stereocenters. The van der Waals surface area contributed by atoms with Crippen LogP contribution >= 0.6 is 0 Å². The summed E-state index contributed by atoms with van der Waals surface area (Å²) in [6, 6.07) is 17.0. The van der Waals surface area contributed by atoms with Crippen LogP contribution in [0.1, 0.15) is 16.1 Å². The molecule has 6 heteroatoms. The molecule has 2 aromatic heterocycles. The molecule has 0 spiro atoms. The number of carbonyl (C=O) groups excluding carboxylic acids is 1. The highest BCUT2D eigenvalue weighted by molar-refractivity contribution is 6.07. The van der Waals surface area contributed by atoms with Crippen LogP contribution in [0.3, 0.4) is 0 Å². The van der Waals surface area contributed by atoms with Gasteiger partial charge in [-0.15, -0.1) is 0 Å². The van der Waals surface area contributed by atoms with Gasteiger partial charge in [-0.2, -0.15) is 0 Å². The zero-order valence-electron chi connectivity index (χ0n) is 15.8. The maximum atomic E-state index is 12.5. The molecular formula is C23H20N2O4. The van der Waals surface area contributed by atoms with Gasteiger partial charge in [-0.1, -0.05) is 30.3 Å². The lowest BCUT2D eigenvalue weighted by Gasteiger charge is -2.34. The highest BCUT2D eigenvalue weighted by atomic mass is 16.4. The van der Waals surface area contributed by atoms with Gasteiger partial charge in [0.15, 0.2) is 5.76 Å². The van der Waals surface area contributed by atoms with Crippen LogP contribution in [0.5, 0.6) is 0 Å². The van der Waals surface area contributed by atoms with Gasteiger partial charge in [-0.25, -0.2) is 4.79 Å². The predicted octanol–water partition coefficient (Wildman–Crippen LogP) is 3.50. The Balaban J connectivity index is 1.40. The number of fused-ring (bicyclic) bond motifs is 3. The molecule has 146 valence electrons. The number of furan rings is 1. The summed E-state index contributed by atoms with van der Waals surface area (Å²) < 4.78 is 10.7. The van der Waals surface area contributed by atoms with E-state index in [1.807, 2.05) is 29.2 Å². The van der Waals surface area contributed by atoms with E-state index in [0.29, 0.717) is 31.0 Å². The normalized spacial score (nSPS) is 15.2. The molecule has 29 heavy (non-hydrogen) atoms.